The molecule has 0 aliphatic heterocycles. The van der Waals surface area contributed by atoms with Crippen LogP contribution < -0.4 is 0 Å². The maximum absolute atomic E-state index is 9.79. The van der Waals surface area contributed by atoms with Crippen LogP contribution in [0.25, 0.3) is 0 Å². The van der Waals surface area contributed by atoms with Crippen LogP contribution in [0.5, 0.6) is 0 Å². The lowest BCUT2D eigenvalue weighted by molar-refractivity contribution is 0.157. The van der Waals surface area contributed by atoms with Crippen molar-refractivity contribution in [3.05, 3.63) is 0 Å². The van der Waals surface area contributed by atoms with Gasteiger partial charge in [0, 0.05) is 0 Å². The Hall–Kier alpha value is 0.310. The van der Waals surface area contributed by atoms with Gasteiger partial charge in [0.25, 0.3) is 0 Å². The summed E-state index contributed by atoms with van der Waals surface area (Å²) in [5.41, 5.74) is 0. The van der Waals surface area contributed by atoms with Gasteiger partial charge in [0.2, 0.25) is 0 Å². The third-order valence-electron chi connectivity index (χ3n) is 3.69. The molecule has 2 heteroatoms. The number of unbranched alkanes of at least 4 members (excludes halogenated alkanes) is 9. The van der Waals surface area contributed by atoms with E-state index in [1.807, 2.05) is 11.8 Å². The van der Waals surface area contributed by atoms with Crippen LogP contribution in [0.2, 0.25) is 0 Å². The molecule has 0 spiro atoms. The summed E-state index contributed by atoms with van der Waals surface area (Å²) in [6.07, 6.45) is 15.7. The molecule has 0 rings (SSSR count). The van der Waals surface area contributed by atoms with Gasteiger partial charge >= 0.3 is 0 Å². The minimum atomic E-state index is -0.0481. The summed E-state index contributed by atoms with van der Waals surface area (Å²) < 4.78 is 0. The van der Waals surface area contributed by atoms with Crippen LogP contribution in [0, 0.1) is 0 Å². The highest BCUT2D eigenvalue weighted by molar-refractivity contribution is 7.99. The maximum atomic E-state index is 9.79. The number of aliphatic hydroxyl groups is 1. The van der Waals surface area contributed by atoms with Crippen molar-refractivity contribution in [2.24, 2.45) is 0 Å². The van der Waals surface area contributed by atoms with Gasteiger partial charge in [-0.05, 0) is 24.3 Å². The monoisotopic (exact) mass is 288 g/mol. The number of rotatable bonds is 15. The first-order valence-electron chi connectivity index (χ1n) is 8.57. The van der Waals surface area contributed by atoms with Crippen LogP contribution in [0.4, 0.5) is 0 Å². The minimum Gasteiger partial charge on any atom is -0.393 e. The van der Waals surface area contributed by atoms with Crippen molar-refractivity contribution in [3.63, 3.8) is 0 Å². The molecule has 0 heterocycles. The van der Waals surface area contributed by atoms with Crippen LogP contribution in [0.15, 0.2) is 0 Å². The zero-order valence-electron chi connectivity index (χ0n) is 13.3. The van der Waals surface area contributed by atoms with Crippen LogP contribution in [-0.4, -0.2) is 22.7 Å². The van der Waals surface area contributed by atoms with E-state index in [9.17, 15) is 5.11 Å². The van der Waals surface area contributed by atoms with E-state index in [-0.39, 0.29) is 6.10 Å². The van der Waals surface area contributed by atoms with Gasteiger partial charge in [-0.25, -0.2) is 0 Å². The molecule has 19 heavy (non-hydrogen) atoms. The predicted octanol–water partition coefficient (Wildman–Crippen LogP) is 5.80. The molecular weight excluding hydrogens is 252 g/mol. The van der Waals surface area contributed by atoms with Crippen LogP contribution in [-0.2, 0) is 0 Å². The topological polar surface area (TPSA) is 20.2 Å². The molecule has 0 amide bonds. The Morgan fingerprint density at radius 2 is 1.26 bits per heavy atom. The number of thioether (sulfide) groups is 1. The van der Waals surface area contributed by atoms with E-state index in [1.165, 1.54) is 70.0 Å². The fourth-order valence-electron chi connectivity index (χ4n) is 2.38. The van der Waals surface area contributed by atoms with Gasteiger partial charge in [0.1, 0.15) is 0 Å². The van der Waals surface area contributed by atoms with E-state index in [0.29, 0.717) is 0 Å². The second kappa shape index (κ2) is 16.4. The molecule has 116 valence electrons. The molecule has 0 saturated heterocycles. The number of aliphatic hydroxyl groups excluding tert-OH is 1. The first-order chi connectivity index (χ1) is 9.31. The Morgan fingerprint density at radius 3 is 1.79 bits per heavy atom. The molecule has 0 aromatic heterocycles. The molecule has 0 aliphatic rings. The van der Waals surface area contributed by atoms with Crippen molar-refractivity contribution in [1.82, 2.24) is 0 Å². The summed E-state index contributed by atoms with van der Waals surface area (Å²) in [4.78, 5) is 0. The Balaban J connectivity index is 3.05. The lowest BCUT2D eigenvalue weighted by Crippen LogP contribution is -2.07. The molecule has 1 atom stereocenters. The summed E-state index contributed by atoms with van der Waals surface area (Å²) in [6.45, 7) is 4.45. The van der Waals surface area contributed by atoms with E-state index in [2.05, 4.69) is 13.8 Å². The van der Waals surface area contributed by atoms with E-state index < -0.39 is 0 Å². The van der Waals surface area contributed by atoms with Crippen molar-refractivity contribution < 1.29 is 5.11 Å². The molecule has 1 unspecified atom stereocenters. The highest BCUT2D eigenvalue weighted by Gasteiger charge is 2.03. The van der Waals surface area contributed by atoms with Gasteiger partial charge in [-0.3, -0.25) is 0 Å². The van der Waals surface area contributed by atoms with Crippen molar-refractivity contribution >= 4 is 11.8 Å². The number of hydrogen-bond acceptors (Lipinski definition) is 2. The summed E-state index contributed by atoms with van der Waals surface area (Å²) in [7, 11) is 0. The second-order valence-electron chi connectivity index (χ2n) is 5.61. The zero-order valence-corrected chi connectivity index (χ0v) is 14.1. The standard InChI is InChI=1S/C17H36OS/c1-3-5-6-7-8-9-10-11-12-13-14-17(18)15-16-19-4-2/h17-18H,3-16H2,1-2H3. The Morgan fingerprint density at radius 1 is 0.737 bits per heavy atom. The van der Waals surface area contributed by atoms with Gasteiger partial charge in [-0.1, -0.05) is 78.1 Å². The highest BCUT2D eigenvalue weighted by atomic mass is 32.2. The quantitative estimate of drug-likeness (QED) is 0.384. The molecule has 0 aromatic carbocycles. The zero-order chi connectivity index (χ0) is 14.2. The van der Waals surface area contributed by atoms with Crippen molar-refractivity contribution in [3.8, 4) is 0 Å². The van der Waals surface area contributed by atoms with Crippen LogP contribution in [0.3, 0.4) is 0 Å². The maximum Gasteiger partial charge on any atom is 0.0548 e. The van der Waals surface area contributed by atoms with Gasteiger partial charge in [-0.15, -0.1) is 0 Å². The van der Waals surface area contributed by atoms with Crippen molar-refractivity contribution in [2.45, 2.75) is 97.0 Å². The smallest absolute Gasteiger partial charge is 0.0548 e. The first-order valence-corrected chi connectivity index (χ1v) is 9.72. The SMILES string of the molecule is CCCCCCCCCCCCC(O)CCSCC. The largest absolute Gasteiger partial charge is 0.393 e. The molecular formula is C17H36OS. The molecule has 1 N–H and O–H groups in total. The Labute approximate surface area is 125 Å². The van der Waals surface area contributed by atoms with Gasteiger partial charge < -0.3 is 5.11 Å². The Bertz CT molecular complexity index is 161. The molecule has 1 nitrogen and oxygen atoms in total. The van der Waals surface area contributed by atoms with Crippen molar-refractivity contribution in [2.75, 3.05) is 11.5 Å². The average Bonchev–Trinajstić information content (AvgIpc) is 2.41. The lowest BCUT2D eigenvalue weighted by atomic mass is 10.0. The average molecular weight is 289 g/mol. The minimum absolute atomic E-state index is 0.0481. The fraction of sp³-hybridized carbons (Fsp3) is 1.00. The van der Waals surface area contributed by atoms with Gasteiger partial charge in [0.15, 0.2) is 0 Å². The van der Waals surface area contributed by atoms with Gasteiger partial charge in [-0.2, -0.15) is 11.8 Å². The summed E-state index contributed by atoms with van der Waals surface area (Å²) in [5.74, 6) is 2.29. The Kier molecular flexibility index (Phi) is 16.6. The summed E-state index contributed by atoms with van der Waals surface area (Å²) in [6, 6.07) is 0. The van der Waals surface area contributed by atoms with Crippen LogP contribution in [0.1, 0.15) is 90.9 Å². The van der Waals surface area contributed by atoms with Crippen LogP contribution >= 0.6 is 11.8 Å². The third-order valence-corrected chi connectivity index (χ3v) is 4.62. The molecule has 0 radical (unpaired) electrons. The fourth-order valence-corrected chi connectivity index (χ4v) is 3.10. The van der Waals surface area contributed by atoms with E-state index in [0.717, 1.165) is 18.6 Å². The van der Waals surface area contributed by atoms with Crippen molar-refractivity contribution in [1.29, 1.82) is 0 Å². The number of hydrogen-bond donors (Lipinski definition) is 1. The van der Waals surface area contributed by atoms with E-state index >= 15 is 0 Å². The lowest BCUT2D eigenvalue weighted by Gasteiger charge is -2.09. The highest BCUT2D eigenvalue weighted by Crippen LogP contribution is 2.13. The predicted molar refractivity (Wildman–Crippen MR) is 90.1 cm³/mol. The van der Waals surface area contributed by atoms with E-state index in [4.69, 9.17) is 0 Å². The first kappa shape index (κ1) is 19.3. The molecule has 0 saturated carbocycles. The molecule has 0 fully saturated rings. The third kappa shape index (κ3) is 16.3. The van der Waals surface area contributed by atoms with Gasteiger partial charge in [0.05, 0.1) is 6.10 Å². The normalized spacial score (nSPS) is 12.8. The molecule has 0 aliphatic carbocycles. The summed E-state index contributed by atoms with van der Waals surface area (Å²) >= 11 is 1.93. The molecule has 0 bridgehead atoms. The molecule has 0 aromatic rings. The second-order valence-corrected chi connectivity index (χ2v) is 7.00. The van der Waals surface area contributed by atoms with E-state index in [1.54, 1.807) is 0 Å². The summed E-state index contributed by atoms with van der Waals surface area (Å²) in [5, 5.41) is 9.79.